The molecule has 2 atom stereocenters. The molecule has 0 aromatic carbocycles. The van der Waals surface area contributed by atoms with Crippen molar-refractivity contribution in [3.63, 3.8) is 0 Å². The third-order valence-electron chi connectivity index (χ3n) is 13.8. The van der Waals surface area contributed by atoms with Gasteiger partial charge in [0.15, 0.2) is 6.10 Å². The van der Waals surface area contributed by atoms with Crippen LogP contribution in [0.2, 0.25) is 0 Å². The molecule has 0 aliphatic heterocycles. The lowest BCUT2D eigenvalue weighted by Gasteiger charge is -2.18. The zero-order chi connectivity index (χ0) is 47.5. The van der Waals surface area contributed by atoms with E-state index in [0.717, 1.165) is 69.6 Å². The number of esters is 3. The van der Waals surface area contributed by atoms with Gasteiger partial charge in [-0.1, -0.05) is 291 Å². The van der Waals surface area contributed by atoms with Gasteiger partial charge in [0.2, 0.25) is 0 Å². The lowest BCUT2D eigenvalue weighted by atomic mass is 9.99. The van der Waals surface area contributed by atoms with Gasteiger partial charge in [0.1, 0.15) is 13.2 Å². The Hall–Kier alpha value is -1.59. The second-order valence-electron chi connectivity index (χ2n) is 21.0. The van der Waals surface area contributed by atoms with Gasteiger partial charge in [-0.3, -0.25) is 14.4 Å². The molecule has 0 fully saturated rings. The summed E-state index contributed by atoms with van der Waals surface area (Å²) in [4.78, 5) is 38.2. The molecule has 0 bridgehead atoms. The zero-order valence-electron chi connectivity index (χ0n) is 44.6. The average Bonchev–Trinajstić information content (AvgIpc) is 3.29. The van der Waals surface area contributed by atoms with E-state index in [-0.39, 0.29) is 31.1 Å². The van der Waals surface area contributed by atoms with Crippen LogP contribution in [0.3, 0.4) is 0 Å². The first-order valence-electron chi connectivity index (χ1n) is 29.3. The molecule has 0 aliphatic rings. The molecule has 386 valence electrons. The number of ether oxygens (including phenoxy) is 3. The summed E-state index contributed by atoms with van der Waals surface area (Å²) in [5.41, 5.74) is 0. The van der Waals surface area contributed by atoms with Crippen molar-refractivity contribution in [2.45, 2.75) is 336 Å². The molecule has 0 amide bonds. The lowest BCUT2D eigenvalue weighted by molar-refractivity contribution is -0.167. The van der Waals surface area contributed by atoms with Crippen LogP contribution >= 0.6 is 0 Å². The van der Waals surface area contributed by atoms with Crippen LogP contribution in [0, 0.1) is 11.8 Å². The summed E-state index contributed by atoms with van der Waals surface area (Å²) in [6, 6.07) is 0. The van der Waals surface area contributed by atoms with Crippen LogP contribution in [0.4, 0.5) is 0 Å². The first-order valence-corrected chi connectivity index (χ1v) is 29.3. The Bertz CT molecular complexity index is 995. The number of unbranched alkanes of at least 4 members (excludes halogenated alkanes) is 37. The van der Waals surface area contributed by atoms with Gasteiger partial charge in [-0.15, -0.1) is 0 Å². The highest BCUT2D eigenvalue weighted by atomic mass is 16.6. The maximum Gasteiger partial charge on any atom is 0.306 e. The Morgan fingerprint density at radius 3 is 0.877 bits per heavy atom. The van der Waals surface area contributed by atoms with Crippen molar-refractivity contribution in [1.82, 2.24) is 0 Å². The Balaban J connectivity index is 4.30. The molecule has 0 aromatic heterocycles. The molecule has 0 heterocycles. The fraction of sp³-hybridized carbons (Fsp3) is 0.949. The van der Waals surface area contributed by atoms with Crippen LogP contribution in [0.1, 0.15) is 330 Å². The molecule has 0 saturated heterocycles. The highest BCUT2D eigenvalue weighted by Crippen LogP contribution is 2.19. The van der Waals surface area contributed by atoms with Crippen molar-refractivity contribution in [3.05, 3.63) is 0 Å². The number of rotatable bonds is 53. The molecule has 0 saturated carbocycles. The summed E-state index contributed by atoms with van der Waals surface area (Å²) in [7, 11) is 0. The summed E-state index contributed by atoms with van der Waals surface area (Å²) >= 11 is 0. The maximum atomic E-state index is 12.9. The molecule has 65 heavy (non-hydrogen) atoms. The maximum absolute atomic E-state index is 12.9. The minimum absolute atomic E-state index is 0.0627. The highest BCUT2D eigenvalue weighted by molar-refractivity contribution is 5.71. The van der Waals surface area contributed by atoms with Crippen molar-refractivity contribution < 1.29 is 28.6 Å². The third-order valence-corrected chi connectivity index (χ3v) is 13.8. The quantitative estimate of drug-likeness (QED) is 0.0344. The minimum atomic E-state index is -0.763. The summed E-state index contributed by atoms with van der Waals surface area (Å²) < 4.78 is 16.9. The summed E-state index contributed by atoms with van der Waals surface area (Å²) in [6.07, 6.45) is 55.1. The molecule has 0 spiro atoms. The van der Waals surface area contributed by atoms with E-state index in [2.05, 4.69) is 34.6 Å². The van der Waals surface area contributed by atoms with E-state index >= 15 is 0 Å². The van der Waals surface area contributed by atoms with Crippen molar-refractivity contribution >= 4 is 17.9 Å². The standard InChI is InChI=1S/C59H114O6/c1-6-8-9-10-11-12-13-14-15-16-21-24-31-36-41-46-51-59(62)65-56(53-64-58(61)50-45-40-35-30-26-25-28-33-38-43-48-55(5)7-2)52-63-57(60)49-44-39-34-29-23-20-18-17-19-22-27-32-37-42-47-54(3)4/h54-56H,6-53H2,1-5H3/t55?,56-/m1/s1. The molecular formula is C59H114O6. The molecular weight excluding hydrogens is 805 g/mol. The van der Waals surface area contributed by atoms with Crippen LogP contribution in [-0.4, -0.2) is 37.2 Å². The zero-order valence-corrected chi connectivity index (χ0v) is 44.6. The molecule has 6 heteroatoms. The SMILES string of the molecule is CCCCCCCCCCCCCCCCCCC(=O)O[C@H](COC(=O)CCCCCCCCCCCCCCCCC(C)C)COC(=O)CCCCCCCCCCCCC(C)CC. The van der Waals surface area contributed by atoms with E-state index in [1.807, 2.05) is 0 Å². The Labute approximate surface area is 406 Å². The van der Waals surface area contributed by atoms with Gasteiger partial charge in [-0.25, -0.2) is 0 Å². The smallest absolute Gasteiger partial charge is 0.306 e. The molecule has 1 unspecified atom stereocenters. The second-order valence-corrected chi connectivity index (χ2v) is 21.0. The van der Waals surface area contributed by atoms with Crippen LogP contribution in [0.5, 0.6) is 0 Å². The van der Waals surface area contributed by atoms with E-state index in [9.17, 15) is 14.4 Å². The fourth-order valence-corrected chi connectivity index (χ4v) is 9.02. The van der Waals surface area contributed by atoms with Gasteiger partial charge in [0, 0.05) is 19.3 Å². The molecule has 0 radical (unpaired) electrons. The predicted octanol–water partition coefficient (Wildman–Crippen LogP) is 19.3. The van der Waals surface area contributed by atoms with E-state index < -0.39 is 6.10 Å². The summed E-state index contributed by atoms with van der Waals surface area (Å²) in [6.45, 7) is 11.4. The van der Waals surface area contributed by atoms with E-state index in [4.69, 9.17) is 14.2 Å². The minimum Gasteiger partial charge on any atom is -0.462 e. The Morgan fingerprint density at radius 1 is 0.323 bits per heavy atom. The highest BCUT2D eigenvalue weighted by Gasteiger charge is 2.19. The van der Waals surface area contributed by atoms with Gasteiger partial charge in [-0.2, -0.15) is 0 Å². The van der Waals surface area contributed by atoms with Crippen molar-refractivity contribution in [3.8, 4) is 0 Å². The molecule has 0 aromatic rings. The van der Waals surface area contributed by atoms with Crippen LogP contribution in [0.15, 0.2) is 0 Å². The second kappa shape index (κ2) is 51.8. The predicted molar refractivity (Wildman–Crippen MR) is 280 cm³/mol. The first kappa shape index (κ1) is 63.4. The van der Waals surface area contributed by atoms with E-state index in [1.54, 1.807) is 0 Å². The van der Waals surface area contributed by atoms with E-state index in [1.165, 1.54) is 218 Å². The number of hydrogen-bond acceptors (Lipinski definition) is 6. The summed E-state index contributed by atoms with van der Waals surface area (Å²) in [5.74, 6) is 0.876. The normalized spacial score (nSPS) is 12.5. The van der Waals surface area contributed by atoms with Crippen molar-refractivity contribution in [2.24, 2.45) is 11.8 Å². The third kappa shape index (κ3) is 51.6. The van der Waals surface area contributed by atoms with Gasteiger partial charge < -0.3 is 14.2 Å². The Morgan fingerprint density at radius 2 is 0.585 bits per heavy atom. The Kier molecular flexibility index (Phi) is 50.5. The molecule has 6 nitrogen and oxygen atoms in total. The number of carbonyl (C=O) groups is 3. The first-order chi connectivity index (χ1) is 31.8. The molecule has 0 aliphatic carbocycles. The van der Waals surface area contributed by atoms with Crippen LogP contribution in [0.25, 0.3) is 0 Å². The summed E-state index contributed by atoms with van der Waals surface area (Å²) in [5, 5.41) is 0. The number of carbonyl (C=O) groups excluding carboxylic acids is 3. The fourth-order valence-electron chi connectivity index (χ4n) is 9.02. The van der Waals surface area contributed by atoms with Gasteiger partial charge in [0.25, 0.3) is 0 Å². The molecule has 0 rings (SSSR count). The van der Waals surface area contributed by atoms with E-state index in [0.29, 0.717) is 19.3 Å². The monoisotopic (exact) mass is 919 g/mol. The van der Waals surface area contributed by atoms with Gasteiger partial charge in [0.05, 0.1) is 0 Å². The molecule has 0 N–H and O–H groups in total. The van der Waals surface area contributed by atoms with Crippen LogP contribution < -0.4 is 0 Å². The van der Waals surface area contributed by atoms with Crippen molar-refractivity contribution in [2.75, 3.05) is 13.2 Å². The van der Waals surface area contributed by atoms with Crippen LogP contribution in [-0.2, 0) is 28.6 Å². The average molecular weight is 920 g/mol. The van der Waals surface area contributed by atoms with Crippen molar-refractivity contribution in [1.29, 1.82) is 0 Å². The van der Waals surface area contributed by atoms with Gasteiger partial charge >= 0.3 is 17.9 Å². The largest absolute Gasteiger partial charge is 0.462 e. The number of hydrogen-bond donors (Lipinski definition) is 0. The lowest BCUT2D eigenvalue weighted by Crippen LogP contribution is -2.30. The topological polar surface area (TPSA) is 78.9 Å². The van der Waals surface area contributed by atoms with Gasteiger partial charge in [-0.05, 0) is 31.1 Å².